The maximum absolute atomic E-state index is 13.0. The number of hydrogen-bond donors (Lipinski definition) is 1. The van der Waals surface area contributed by atoms with E-state index in [1.54, 1.807) is 24.4 Å². The molecule has 112 valence electrons. The maximum atomic E-state index is 13.0. The number of benzene rings is 1. The van der Waals surface area contributed by atoms with Gasteiger partial charge >= 0.3 is 0 Å². The molecule has 2 aromatic rings. The number of rotatable bonds is 5. The molecule has 1 amide bonds. The molecule has 0 atom stereocenters. The lowest BCUT2D eigenvalue weighted by atomic mass is 10.1. The minimum atomic E-state index is -0.263. The summed E-state index contributed by atoms with van der Waals surface area (Å²) < 4.78 is 13.0. The Hall–Kier alpha value is -1.65. The van der Waals surface area contributed by atoms with Gasteiger partial charge < -0.3 is 5.32 Å². The van der Waals surface area contributed by atoms with E-state index in [-0.39, 0.29) is 30.6 Å². The first kappa shape index (κ1) is 17.4. The number of nitrogens with zero attached hydrogens (tertiary/aromatic N) is 1. The van der Waals surface area contributed by atoms with Crippen molar-refractivity contribution in [2.45, 2.75) is 12.8 Å². The molecule has 0 fully saturated rings. The summed E-state index contributed by atoms with van der Waals surface area (Å²) in [7, 11) is 0. The van der Waals surface area contributed by atoms with E-state index in [0.717, 1.165) is 11.1 Å². The van der Waals surface area contributed by atoms with Gasteiger partial charge in [0, 0.05) is 12.7 Å². The molecule has 0 unspecified atom stereocenters. The van der Waals surface area contributed by atoms with Crippen molar-refractivity contribution in [1.29, 1.82) is 0 Å². The van der Waals surface area contributed by atoms with Crippen LogP contribution >= 0.6 is 24.0 Å². The molecule has 21 heavy (non-hydrogen) atoms. The third-order valence-corrected chi connectivity index (χ3v) is 3.00. The zero-order valence-electron chi connectivity index (χ0n) is 11.2. The summed E-state index contributed by atoms with van der Waals surface area (Å²) in [5, 5.41) is 3.19. The van der Waals surface area contributed by atoms with Crippen LogP contribution in [0.3, 0.4) is 0 Å². The fourth-order valence-corrected chi connectivity index (χ4v) is 1.91. The van der Waals surface area contributed by atoms with Crippen LogP contribution in [0.1, 0.15) is 11.1 Å². The van der Waals surface area contributed by atoms with Crippen LogP contribution in [0.2, 0.25) is 5.15 Å². The molecule has 1 N–H and O–H groups in total. The van der Waals surface area contributed by atoms with Gasteiger partial charge in [0.05, 0.1) is 6.42 Å². The standard InChI is InChI=1S/C15H14ClFN2O.ClH/c16-14-5-4-12(10-19-14)9-15(20)18-7-6-11-2-1-3-13(17)8-11;/h1-5,8,10H,6-7,9H2,(H,18,20);1H. The van der Waals surface area contributed by atoms with Gasteiger partial charge in [-0.25, -0.2) is 9.37 Å². The normalized spacial score (nSPS) is 9.81. The average Bonchev–Trinajstić information content (AvgIpc) is 2.41. The molecule has 0 saturated heterocycles. The lowest BCUT2D eigenvalue weighted by Gasteiger charge is -2.05. The molecule has 1 heterocycles. The molecular formula is C15H15Cl2FN2O. The number of carbonyl (C=O) groups excluding carboxylic acids is 1. The molecule has 2 rings (SSSR count). The number of aromatic nitrogens is 1. The van der Waals surface area contributed by atoms with Gasteiger partial charge in [0.2, 0.25) is 5.91 Å². The molecular weight excluding hydrogens is 314 g/mol. The van der Waals surface area contributed by atoms with E-state index in [2.05, 4.69) is 10.3 Å². The monoisotopic (exact) mass is 328 g/mol. The number of hydrogen-bond acceptors (Lipinski definition) is 2. The smallest absolute Gasteiger partial charge is 0.224 e. The SMILES string of the molecule is Cl.O=C(Cc1ccc(Cl)nc1)NCCc1cccc(F)c1. The summed E-state index contributed by atoms with van der Waals surface area (Å²) in [4.78, 5) is 15.6. The second kappa shape index (κ2) is 8.60. The van der Waals surface area contributed by atoms with Crippen LogP contribution in [0.15, 0.2) is 42.6 Å². The van der Waals surface area contributed by atoms with Crippen LogP contribution in [0, 0.1) is 5.82 Å². The highest BCUT2D eigenvalue weighted by molar-refractivity contribution is 6.29. The van der Waals surface area contributed by atoms with Crippen molar-refractivity contribution in [3.63, 3.8) is 0 Å². The van der Waals surface area contributed by atoms with E-state index in [9.17, 15) is 9.18 Å². The van der Waals surface area contributed by atoms with Crippen LogP contribution in [-0.2, 0) is 17.6 Å². The zero-order valence-corrected chi connectivity index (χ0v) is 12.8. The quantitative estimate of drug-likeness (QED) is 0.856. The highest BCUT2D eigenvalue weighted by Gasteiger charge is 2.03. The second-order valence-electron chi connectivity index (χ2n) is 4.40. The predicted molar refractivity (Wildman–Crippen MR) is 83.3 cm³/mol. The Morgan fingerprint density at radius 3 is 2.71 bits per heavy atom. The Bertz CT molecular complexity index is 590. The van der Waals surface area contributed by atoms with Crippen molar-refractivity contribution < 1.29 is 9.18 Å². The Balaban J connectivity index is 0.00000220. The minimum Gasteiger partial charge on any atom is -0.355 e. The number of halogens is 3. The van der Waals surface area contributed by atoms with E-state index in [1.165, 1.54) is 12.1 Å². The van der Waals surface area contributed by atoms with Gasteiger partial charge in [0.1, 0.15) is 11.0 Å². The molecule has 0 spiro atoms. The van der Waals surface area contributed by atoms with E-state index in [1.807, 2.05) is 6.07 Å². The Morgan fingerprint density at radius 2 is 2.05 bits per heavy atom. The van der Waals surface area contributed by atoms with E-state index in [0.29, 0.717) is 18.1 Å². The summed E-state index contributed by atoms with van der Waals surface area (Å²) in [6, 6.07) is 9.77. The molecule has 0 aliphatic rings. The van der Waals surface area contributed by atoms with Crippen molar-refractivity contribution in [2.24, 2.45) is 0 Å². The largest absolute Gasteiger partial charge is 0.355 e. The van der Waals surface area contributed by atoms with Crippen molar-refractivity contribution in [2.75, 3.05) is 6.54 Å². The van der Waals surface area contributed by atoms with Crippen LogP contribution < -0.4 is 5.32 Å². The highest BCUT2D eigenvalue weighted by atomic mass is 35.5. The third kappa shape index (κ3) is 6.10. The van der Waals surface area contributed by atoms with Crippen LogP contribution in [0.5, 0.6) is 0 Å². The third-order valence-electron chi connectivity index (χ3n) is 2.78. The predicted octanol–water partition coefficient (Wildman–Crippen LogP) is 3.20. The highest BCUT2D eigenvalue weighted by Crippen LogP contribution is 2.06. The van der Waals surface area contributed by atoms with E-state index in [4.69, 9.17) is 11.6 Å². The van der Waals surface area contributed by atoms with Crippen molar-refractivity contribution >= 4 is 29.9 Å². The van der Waals surface area contributed by atoms with E-state index >= 15 is 0 Å². The molecule has 1 aromatic carbocycles. The van der Waals surface area contributed by atoms with Gasteiger partial charge in [0.25, 0.3) is 0 Å². The van der Waals surface area contributed by atoms with Crippen LogP contribution in [-0.4, -0.2) is 17.4 Å². The molecule has 0 aliphatic carbocycles. The first-order valence-corrected chi connectivity index (χ1v) is 6.63. The molecule has 1 aromatic heterocycles. The summed E-state index contributed by atoms with van der Waals surface area (Å²) in [6.07, 6.45) is 2.43. The molecule has 0 bridgehead atoms. The van der Waals surface area contributed by atoms with E-state index < -0.39 is 0 Å². The van der Waals surface area contributed by atoms with Gasteiger partial charge in [-0.1, -0.05) is 29.8 Å². The lowest BCUT2D eigenvalue weighted by molar-refractivity contribution is -0.120. The van der Waals surface area contributed by atoms with Crippen LogP contribution in [0.25, 0.3) is 0 Å². The number of nitrogens with one attached hydrogen (secondary N) is 1. The van der Waals surface area contributed by atoms with Gasteiger partial charge in [-0.2, -0.15) is 0 Å². The minimum absolute atomic E-state index is 0. The second-order valence-corrected chi connectivity index (χ2v) is 4.78. The summed E-state index contributed by atoms with van der Waals surface area (Å²) >= 11 is 5.67. The molecule has 6 heteroatoms. The summed E-state index contributed by atoms with van der Waals surface area (Å²) in [5.74, 6) is -0.355. The van der Waals surface area contributed by atoms with Gasteiger partial charge in [-0.15, -0.1) is 12.4 Å². The Labute approximate surface area is 134 Å². The van der Waals surface area contributed by atoms with Gasteiger partial charge in [0.15, 0.2) is 0 Å². The Kier molecular flexibility index (Phi) is 7.12. The molecule has 0 aliphatic heterocycles. The first-order valence-electron chi connectivity index (χ1n) is 6.25. The van der Waals surface area contributed by atoms with Gasteiger partial charge in [-0.3, -0.25) is 4.79 Å². The zero-order chi connectivity index (χ0) is 14.4. The molecule has 0 radical (unpaired) electrons. The van der Waals surface area contributed by atoms with Crippen molar-refractivity contribution in [3.8, 4) is 0 Å². The number of pyridine rings is 1. The lowest BCUT2D eigenvalue weighted by Crippen LogP contribution is -2.27. The van der Waals surface area contributed by atoms with Crippen molar-refractivity contribution in [3.05, 3.63) is 64.7 Å². The van der Waals surface area contributed by atoms with Gasteiger partial charge in [-0.05, 0) is 35.7 Å². The fraction of sp³-hybridized carbons (Fsp3) is 0.200. The molecule has 0 saturated carbocycles. The average molecular weight is 329 g/mol. The number of amides is 1. The molecule has 3 nitrogen and oxygen atoms in total. The Morgan fingerprint density at radius 1 is 1.24 bits per heavy atom. The maximum Gasteiger partial charge on any atom is 0.224 e. The van der Waals surface area contributed by atoms with Crippen LogP contribution in [0.4, 0.5) is 4.39 Å². The topological polar surface area (TPSA) is 42.0 Å². The van der Waals surface area contributed by atoms with Crippen molar-refractivity contribution in [1.82, 2.24) is 10.3 Å². The summed E-state index contributed by atoms with van der Waals surface area (Å²) in [6.45, 7) is 0.476. The fourth-order valence-electron chi connectivity index (χ4n) is 1.80. The summed E-state index contributed by atoms with van der Waals surface area (Å²) in [5.41, 5.74) is 1.66. The number of carbonyl (C=O) groups is 1. The first-order chi connectivity index (χ1) is 9.63.